The van der Waals surface area contributed by atoms with Crippen molar-refractivity contribution in [2.24, 2.45) is 0 Å². The molecule has 2 rings (SSSR count). The number of hydrogen-bond acceptors (Lipinski definition) is 3. The minimum absolute atomic E-state index is 0.0666. The summed E-state index contributed by atoms with van der Waals surface area (Å²) in [6.07, 6.45) is 0.539. The molecule has 0 bridgehead atoms. The van der Waals surface area contributed by atoms with Crippen LogP contribution in [-0.4, -0.2) is 16.1 Å². The zero-order valence-electron chi connectivity index (χ0n) is 9.73. The van der Waals surface area contributed by atoms with Gasteiger partial charge in [0.05, 0.1) is 5.69 Å². The number of carboxylic acids is 1. The van der Waals surface area contributed by atoms with E-state index in [1.54, 1.807) is 0 Å². The zero-order chi connectivity index (χ0) is 12.4. The summed E-state index contributed by atoms with van der Waals surface area (Å²) in [5, 5.41) is 8.97. The molecule has 0 radical (unpaired) electrons. The van der Waals surface area contributed by atoms with Gasteiger partial charge >= 0.3 is 5.97 Å². The summed E-state index contributed by atoms with van der Waals surface area (Å²) < 4.78 is 5.28. The van der Waals surface area contributed by atoms with Crippen LogP contribution >= 0.6 is 0 Å². The molecule has 1 N–H and O–H groups in total. The fourth-order valence-corrected chi connectivity index (χ4v) is 1.58. The molecule has 4 heteroatoms. The third-order valence-corrected chi connectivity index (χ3v) is 2.52. The monoisotopic (exact) mass is 231 g/mol. The quantitative estimate of drug-likeness (QED) is 0.882. The Morgan fingerprint density at radius 1 is 1.35 bits per heavy atom. The Kier molecular flexibility index (Phi) is 2.95. The van der Waals surface area contributed by atoms with Crippen molar-refractivity contribution >= 4 is 5.97 Å². The molecular weight excluding hydrogens is 218 g/mol. The Labute approximate surface area is 98.9 Å². The first kappa shape index (κ1) is 11.4. The van der Waals surface area contributed by atoms with Gasteiger partial charge in [-0.3, -0.25) is 0 Å². The standard InChI is InChI=1S/C13H13NO3/c1-3-10-11(13(15)16)17-12(14-10)9-6-4-8(2)5-7-9/h4-7H,3H2,1-2H3,(H,15,16). The number of hydrogen-bond donors (Lipinski definition) is 1. The lowest BCUT2D eigenvalue weighted by Gasteiger charge is -1.95. The second-order valence-corrected chi connectivity index (χ2v) is 3.82. The second-order valence-electron chi connectivity index (χ2n) is 3.82. The van der Waals surface area contributed by atoms with Gasteiger partial charge in [-0.2, -0.15) is 0 Å². The Hall–Kier alpha value is -2.10. The first-order chi connectivity index (χ1) is 8.11. The molecule has 1 heterocycles. The van der Waals surface area contributed by atoms with Gasteiger partial charge in [0.2, 0.25) is 11.7 Å². The first-order valence-electron chi connectivity index (χ1n) is 5.42. The summed E-state index contributed by atoms with van der Waals surface area (Å²) in [4.78, 5) is 15.1. The molecule has 0 aliphatic heterocycles. The fraction of sp³-hybridized carbons (Fsp3) is 0.231. The van der Waals surface area contributed by atoms with E-state index in [9.17, 15) is 4.79 Å². The Morgan fingerprint density at radius 2 is 2.00 bits per heavy atom. The van der Waals surface area contributed by atoms with Crippen molar-refractivity contribution in [1.29, 1.82) is 0 Å². The lowest BCUT2D eigenvalue weighted by molar-refractivity contribution is 0.0662. The molecule has 1 aromatic heterocycles. The Balaban J connectivity index is 2.46. The molecule has 0 spiro atoms. The molecule has 0 unspecified atom stereocenters. The van der Waals surface area contributed by atoms with Crippen LogP contribution in [-0.2, 0) is 6.42 Å². The summed E-state index contributed by atoms with van der Waals surface area (Å²) in [7, 11) is 0. The molecular formula is C13H13NO3. The van der Waals surface area contributed by atoms with Crippen LogP contribution in [0, 0.1) is 6.92 Å². The van der Waals surface area contributed by atoms with E-state index in [0.717, 1.165) is 11.1 Å². The fourth-order valence-electron chi connectivity index (χ4n) is 1.58. The van der Waals surface area contributed by atoms with E-state index in [2.05, 4.69) is 4.98 Å². The lowest BCUT2D eigenvalue weighted by Crippen LogP contribution is -1.98. The van der Waals surface area contributed by atoms with Gasteiger partial charge in [0.15, 0.2) is 0 Å². The molecule has 0 aliphatic rings. The summed E-state index contributed by atoms with van der Waals surface area (Å²) in [6.45, 7) is 3.84. The average Bonchev–Trinajstić information content (AvgIpc) is 2.74. The van der Waals surface area contributed by atoms with Crippen molar-refractivity contribution in [1.82, 2.24) is 4.98 Å². The first-order valence-corrected chi connectivity index (χ1v) is 5.42. The predicted molar refractivity (Wildman–Crippen MR) is 63.0 cm³/mol. The number of rotatable bonds is 3. The van der Waals surface area contributed by atoms with E-state index in [1.165, 1.54) is 0 Å². The number of carboxylic acid groups (broad SMARTS) is 1. The minimum atomic E-state index is -1.08. The summed E-state index contributed by atoms with van der Waals surface area (Å²) in [6, 6.07) is 7.61. The van der Waals surface area contributed by atoms with Gasteiger partial charge in [0, 0.05) is 5.56 Å². The Bertz CT molecular complexity index is 540. The average molecular weight is 231 g/mol. The van der Waals surface area contributed by atoms with Gasteiger partial charge in [0.25, 0.3) is 0 Å². The maximum Gasteiger partial charge on any atom is 0.373 e. The van der Waals surface area contributed by atoms with E-state index in [1.807, 2.05) is 38.1 Å². The van der Waals surface area contributed by atoms with Gasteiger partial charge in [-0.05, 0) is 25.5 Å². The van der Waals surface area contributed by atoms with Gasteiger partial charge in [0.1, 0.15) is 0 Å². The van der Waals surface area contributed by atoms with Gasteiger partial charge < -0.3 is 9.52 Å². The number of oxazole rings is 1. The number of aromatic carboxylic acids is 1. The molecule has 0 saturated heterocycles. The Morgan fingerprint density at radius 3 is 2.47 bits per heavy atom. The highest BCUT2D eigenvalue weighted by atomic mass is 16.4. The van der Waals surface area contributed by atoms with Crippen molar-refractivity contribution in [3.05, 3.63) is 41.3 Å². The van der Waals surface area contributed by atoms with Crippen LogP contribution in [0.25, 0.3) is 11.5 Å². The van der Waals surface area contributed by atoms with Crippen LogP contribution in [0.4, 0.5) is 0 Å². The van der Waals surface area contributed by atoms with Crippen molar-refractivity contribution < 1.29 is 14.3 Å². The highest BCUT2D eigenvalue weighted by Gasteiger charge is 2.18. The van der Waals surface area contributed by atoms with Crippen molar-refractivity contribution in [3.8, 4) is 11.5 Å². The maximum atomic E-state index is 10.9. The number of aryl methyl sites for hydroxylation is 2. The number of nitrogens with zero attached hydrogens (tertiary/aromatic N) is 1. The molecule has 0 aliphatic carbocycles. The summed E-state index contributed by atoms with van der Waals surface area (Å²) in [5.74, 6) is -0.782. The largest absolute Gasteiger partial charge is 0.475 e. The smallest absolute Gasteiger partial charge is 0.373 e. The van der Waals surface area contributed by atoms with Crippen molar-refractivity contribution in [3.63, 3.8) is 0 Å². The van der Waals surface area contributed by atoms with Crippen LogP contribution in [0.2, 0.25) is 0 Å². The summed E-state index contributed by atoms with van der Waals surface area (Å²) >= 11 is 0. The molecule has 0 amide bonds. The lowest BCUT2D eigenvalue weighted by atomic mass is 10.1. The third kappa shape index (κ3) is 2.20. The summed E-state index contributed by atoms with van der Waals surface area (Å²) in [5.41, 5.74) is 2.40. The molecule has 0 fully saturated rings. The number of carbonyl (C=O) groups is 1. The minimum Gasteiger partial charge on any atom is -0.475 e. The zero-order valence-corrected chi connectivity index (χ0v) is 9.73. The predicted octanol–water partition coefficient (Wildman–Crippen LogP) is 2.91. The van der Waals surface area contributed by atoms with Crippen LogP contribution in [0.1, 0.15) is 28.7 Å². The molecule has 0 saturated carbocycles. The topological polar surface area (TPSA) is 63.3 Å². The molecule has 1 aromatic carbocycles. The van der Waals surface area contributed by atoms with Crippen LogP contribution in [0.5, 0.6) is 0 Å². The molecule has 17 heavy (non-hydrogen) atoms. The van der Waals surface area contributed by atoms with Gasteiger partial charge in [-0.25, -0.2) is 9.78 Å². The van der Waals surface area contributed by atoms with Crippen molar-refractivity contribution in [2.45, 2.75) is 20.3 Å². The molecule has 2 aromatic rings. The van der Waals surface area contributed by atoms with Crippen LogP contribution in [0.15, 0.2) is 28.7 Å². The highest BCUT2D eigenvalue weighted by molar-refractivity contribution is 5.86. The molecule has 4 nitrogen and oxygen atoms in total. The van der Waals surface area contributed by atoms with E-state index in [4.69, 9.17) is 9.52 Å². The van der Waals surface area contributed by atoms with Crippen LogP contribution in [0.3, 0.4) is 0 Å². The molecule has 0 atom stereocenters. The van der Waals surface area contributed by atoms with Crippen molar-refractivity contribution in [2.75, 3.05) is 0 Å². The van der Waals surface area contributed by atoms with E-state index < -0.39 is 5.97 Å². The number of aromatic nitrogens is 1. The van der Waals surface area contributed by atoms with Gasteiger partial charge in [-0.1, -0.05) is 24.6 Å². The van der Waals surface area contributed by atoms with Crippen LogP contribution < -0.4 is 0 Å². The highest BCUT2D eigenvalue weighted by Crippen LogP contribution is 2.22. The SMILES string of the molecule is CCc1nc(-c2ccc(C)cc2)oc1C(=O)O. The molecule has 88 valence electrons. The van der Waals surface area contributed by atoms with E-state index >= 15 is 0 Å². The third-order valence-electron chi connectivity index (χ3n) is 2.52. The second kappa shape index (κ2) is 4.41. The van der Waals surface area contributed by atoms with E-state index in [-0.39, 0.29) is 5.76 Å². The maximum absolute atomic E-state index is 10.9. The van der Waals surface area contributed by atoms with Gasteiger partial charge in [-0.15, -0.1) is 0 Å². The normalized spacial score (nSPS) is 10.5. The van der Waals surface area contributed by atoms with E-state index in [0.29, 0.717) is 18.0 Å². The number of benzene rings is 1.